The average Bonchev–Trinajstić information content (AvgIpc) is 2.67. The molecule has 0 unspecified atom stereocenters. The zero-order valence-corrected chi connectivity index (χ0v) is 13.8. The number of rotatable bonds is 5. The number of aliphatic imine (C=N–C) groups is 1. The van der Waals surface area contributed by atoms with Gasteiger partial charge in [0, 0.05) is 0 Å². The van der Waals surface area contributed by atoms with Gasteiger partial charge in [0.15, 0.2) is 0 Å². The van der Waals surface area contributed by atoms with Crippen molar-refractivity contribution in [2.45, 2.75) is 0 Å². The minimum absolute atomic E-state index is 0.430. The summed E-state index contributed by atoms with van der Waals surface area (Å²) in [4.78, 5) is 16.3. The van der Waals surface area contributed by atoms with Crippen LogP contribution in [0.1, 0.15) is 15.9 Å². The summed E-state index contributed by atoms with van der Waals surface area (Å²) in [5.41, 5.74) is 4.31. The van der Waals surface area contributed by atoms with Crippen molar-refractivity contribution >= 4 is 35.0 Å². The quantitative estimate of drug-likeness (QED) is 0.164. The number of nitrogens with two attached hydrogens (primary N) is 2. The predicted octanol–water partition coefficient (Wildman–Crippen LogP) is 2.47. The number of ether oxygens (including phenoxy) is 1. The summed E-state index contributed by atoms with van der Waals surface area (Å²) in [7, 11) is 0. The van der Waals surface area contributed by atoms with E-state index in [2.05, 4.69) is 15.5 Å². The van der Waals surface area contributed by atoms with Crippen LogP contribution < -0.4 is 21.8 Å². The summed E-state index contributed by atoms with van der Waals surface area (Å²) < 4.78 is 5.45. The Morgan fingerprint density at radius 1 is 1.00 bits per heavy atom. The van der Waals surface area contributed by atoms with E-state index in [1.165, 1.54) is 6.34 Å². The molecule has 0 aliphatic heterocycles. The summed E-state index contributed by atoms with van der Waals surface area (Å²) in [6.45, 7) is 0. The van der Waals surface area contributed by atoms with Gasteiger partial charge in [0.25, 0.3) is 0 Å². The van der Waals surface area contributed by atoms with Gasteiger partial charge in [0.2, 0.25) is 0 Å². The van der Waals surface area contributed by atoms with Crippen LogP contribution >= 0.6 is 0 Å². The minimum atomic E-state index is -0.441. The monoisotopic (exact) mass is 347 g/mol. The van der Waals surface area contributed by atoms with E-state index in [0.717, 1.165) is 16.3 Å². The number of esters is 1. The molecule has 0 bridgehead atoms. The van der Waals surface area contributed by atoms with Crippen molar-refractivity contribution in [2.75, 3.05) is 0 Å². The van der Waals surface area contributed by atoms with Gasteiger partial charge >= 0.3 is 5.97 Å². The molecule has 0 heterocycles. The van der Waals surface area contributed by atoms with E-state index < -0.39 is 5.97 Å². The molecule has 0 radical (unpaired) electrons. The van der Waals surface area contributed by atoms with Crippen molar-refractivity contribution in [3.63, 3.8) is 0 Å². The fraction of sp³-hybridized carbons (Fsp3) is 0. The number of carbonyl (C=O) groups is 1. The number of fused-ring (bicyclic) bond motifs is 1. The Kier molecular flexibility index (Phi) is 5.21. The SMILES string of the molecule is NN=Cc1ccc2cc(OC(=O)c3ccc(N=CNN)cc3)ccc2c1. The molecule has 130 valence electrons. The van der Waals surface area contributed by atoms with Gasteiger partial charge in [-0.05, 0) is 58.8 Å². The van der Waals surface area contributed by atoms with E-state index in [4.69, 9.17) is 16.4 Å². The lowest BCUT2D eigenvalue weighted by Gasteiger charge is -2.06. The highest BCUT2D eigenvalue weighted by Crippen LogP contribution is 2.23. The fourth-order valence-corrected chi connectivity index (χ4v) is 2.43. The largest absolute Gasteiger partial charge is 0.423 e. The maximum absolute atomic E-state index is 12.3. The summed E-state index contributed by atoms with van der Waals surface area (Å²) in [5.74, 6) is 10.3. The van der Waals surface area contributed by atoms with Crippen LogP contribution in [-0.4, -0.2) is 18.5 Å². The summed E-state index contributed by atoms with van der Waals surface area (Å²) in [6.07, 6.45) is 2.93. The molecule has 7 heteroatoms. The van der Waals surface area contributed by atoms with Gasteiger partial charge in [-0.3, -0.25) is 0 Å². The molecule has 26 heavy (non-hydrogen) atoms. The zero-order chi connectivity index (χ0) is 18.4. The van der Waals surface area contributed by atoms with Gasteiger partial charge in [-0.2, -0.15) is 5.10 Å². The van der Waals surface area contributed by atoms with Crippen molar-refractivity contribution in [1.82, 2.24) is 5.43 Å². The third-order valence-electron chi connectivity index (χ3n) is 3.66. The highest BCUT2D eigenvalue weighted by Gasteiger charge is 2.09. The molecule has 5 N–H and O–H groups in total. The third-order valence-corrected chi connectivity index (χ3v) is 3.66. The second-order valence-corrected chi connectivity index (χ2v) is 5.41. The number of hydrogen-bond donors (Lipinski definition) is 3. The Morgan fingerprint density at radius 2 is 1.73 bits per heavy atom. The Bertz CT molecular complexity index is 981. The molecule has 3 rings (SSSR count). The van der Waals surface area contributed by atoms with Crippen LogP contribution in [0.2, 0.25) is 0 Å². The maximum atomic E-state index is 12.3. The van der Waals surface area contributed by atoms with E-state index in [-0.39, 0.29) is 0 Å². The van der Waals surface area contributed by atoms with Gasteiger partial charge in [-0.25, -0.2) is 15.6 Å². The molecular formula is C19H17N5O2. The van der Waals surface area contributed by atoms with Gasteiger partial charge in [-0.1, -0.05) is 18.2 Å². The highest BCUT2D eigenvalue weighted by atomic mass is 16.5. The molecule has 0 aliphatic carbocycles. The van der Waals surface area contributed by atoms with Crippen LogP contribution in [0.4, 0.5) is 5.69 Å². The fourth-order valence-electron chi connectivity index (χ4n) is 2.43. The molecule has 0 aromatic heterocycles. The zero-order valence-electron chi connectivity index (χ0n) is 13.8. The van der Waals surface area contributed by atoms with Crippen LogP contribution in [0, 0.1) is 0 Å². The van der Waals surface area contributed by atoms with E-state index in [1.54, 1.807) is 36.5 Å². The van der Waals surface area contributed by atoms with Crippen molar-refractivity contribution < 1.29 is 9.53 Å². The number of nitrogens with zero attached hydrogens (tertiary/aromatic N) is 2. The van der Waals surface area contributed by atoms with E-state index >= 15 is 0 Å². The van der Waals surface area contributed by atoms with Crippen LogP contribution in [0.15, 0.2) is 70.8 Å². The first-order chi connectivity index (χ1) is 12.7. The molecule has 0 saturated carbocycles. The Hall–Kier alpha value is -3.71. The number of hydrazine groups is 1. The molecular weight excluding hydrogens is 330 g/mol. The first-order valence-electron chi connectivity index (χ1n) is 7.77. The topological polar surface area (TPSA) is 115 Å². The molecule has 0 aliphatic rings. The molecule has 0 fully saturated rings. The molecule has 0 amide bonds. The lowest BCUT2D eigenvalue weighted by molar-refractivity contribution is 0.0735. The van der Waals surface area contributed by atoms with Gasteiger partial charge in [-0.15, -0.1) is 0 Å². The number of carbonyl (C=O) groups excluding carboxylic acids is 1. The van der Waals surface area contributed by atoms with Crippen LogP contribution in [0.3, 0.4) is 0 Å². The second kappa shape index (κ2) is 7.91. The standard InChI is InChI=1S/C19H17N5O2/c20-23-11-13-1-2-16-10-18(8-5-15(16)9-13)26-19(25)14-3-6-17(7-4-14)22-12-24-21/h1-12H,20-21H2,(H,22,24). The third kappa shape index (κ3) is 4.03. The lowest BCUT2D eigenvalue weighted by atomic mass is 10.1. The van der Waals surface area contributed by atoms with E-state index in [1.807, 2.05) is 30.3 Å². The first kappa shape index (κ1) is 17.1. The number of nitrogens with one attached hydrogen (secondary N) is 1. The second-order valence-electron chi connectivity index (χ2n) is 5.41. The van der Waals surface area contributed by atoms with Crippen molar-refractivity contribution in [3.05, 3.63) is 71.8 Å². The molecule has 7 nitrogen and oxygen atoms in total. The van der Waals surface area contributed by atoms with Gasteiger partial charge in [0.05, 0.1) is 17.5 Å². The van der Waals surface area contributed by atoms with Gasteiger partial charge < -0.3 is 16.0 Å². The average molecular weight is 347 g/mol. The Morgan fingerprint density at radius 3 is 2.46 bits per heavy atom. The lowest BCUT2D eigenvalue weighted by Crippen LogP contribution is -2.18. The summed E-state index contributed by atoms with van der Waals surface area (Å²) in [5, 5.41) is 5.46. The highest BCUT2D eigenvalue weighted by molar-refractivity contribution is 5.94. The van der Waals surface area contributed by atoms with E-state index in [0.29, 0.717) is 17.0 Å². The summed E-state index contributed by atoms with van der Waals surface area (Å²) in [6, 6.07) is 17.9. The van der Waals surface area contributed by atoms with E-state index in [9.17, 15) is 4.79 Å². The van der Waals surface area contributed by atoms with Crippen molar-refractivity contribution in [1.29, 1.82) is 0 Å². The Labute approximate surface area is 150 Å². The Balaban J connectivity index is 1.76. The number of hydrogen-bond acceptors (Lipinski definition) is 6. The molecule has 3 aromatic carbocycles. The minimum Gasteiger partial charge on any atom is -0.423 e. The normalized spacial score (nSPS) is 11.3. The summed E-state index contributed by atoms with van der Waals surface area (Å²) >= 11 is 0. The molecule has 0 saturated heterocycles. The maximum Gasteiger partial charge on any atom is 0.343 e. The number of hydrazone groups is 1. The van der Waals surface area contributed by atoms with Crippen LogP contribution in [0.25, 0.3) is 10.8 Å². The van der Waals surface area contributed by atoms with Crippen molar-refractivity contribution in [2.24, 2.45) is 21.8 Å². The molecule has 3 aromatic rings. The van der Waals surface area contributed by atoms with Crippen molar-refractivity contribution in [3.8, 4) is 5.75 Å². The first-order valence-corrected chi connectivity index (χ1v) is 7.77. The molecule has 0 atom stereocenters. The van der Waals surface area contributed by atoms with Crippen LogP contribution in [0.5, 0.6) is 5.75 Å². The van der Waals surface area contributed by atoms with Gasteiger partial charge in [0.1, 0.15) is 12.1 Å². The number of benzene rings is 3. The molecule has 0 spiro atoms. The predicted molar refractivity (Wildman–Crippen MR) is 103 cm³/mol. The van der Waals surface area contributed by atoms with Crippen LogP contribution in [-0.2, 0) is 0 Å². The smallest absolute Gasteiger partial charge is 0.343 e.